The maximum Gasteiger partial charge on any atom is 0.155 e. The minimum Gasteiger partial charge on any atom is -0.493 e. The second kappa shape index (κ2) is 27.5. The van der Waals surface area contributed by atoms with Gasteiger partial charge in [0.1, 0.15) is 18.0 Å². The van der Waals surface area contributed by atoms with E-state index in [1.165, 1.54) is 39.0 Å². The van der Waals surface area contributed by atoms with Crippen molar-refractivity contribution in [3.63, 3.8) is 0 Å². The molecule has 0 saturated carbocycles. The molecule has 6 unspecified atom stereocenters. The van der Waals surface area contributed by atoms with E-state index in [2.05, 4.69) is 127 Å². The lowest BCUT2D eigenvalue weighted by atomic mass is 9.79. The van der Waals surface area contributed by atoms with Crippen LogP contribution in [0.3, 0.4) is 0 Å². The van der Waals surface area contributed by atoms with Crippen LogP contribution in [0.2, 0.25) is 0 Å². The van der Waals surface area contributed by atoms with Gasteiger partial charge in [-0.25, -0.2) is 0 Å². The van der Waals surface area contributed by atoms with Crippen molar-refractivity contribution in [3.05, 3.63) is 52.6 Å². The summed E-state index contributed by atoms with van der Waals surface area (Å²) >= 11 is 3.93. The summed E-state index contributed by atoms with van der Waals surface area (Å²) in [7, 11) is 1.00. The van der Waals surface area contributed by atoms with E-state index in [1.807, 2.05) is 65.1 Å². The van der Waals surface area contributed by atoms with Gasteiger partial charge in [-0.2, -0.15) is 0 Å². The fourth-order valence-electron chi connectivity index (χ4n) is 5.41. The van der Waals surface area contributed by atoms with Crippen LogP contribution in [-0.2, 0) is 26.4 Å². The molecular formula is C47H88O7S2. The van der Waals surface area contributed by atoms with E-state index in [-0.39, 0.29) is 34.5 Å². The van der Waals surface area contributed by atoms with Crippen molar-refractivity contribution in [1.82, 2.24) is 0 Å². The summed E-state index contributed by atoms with van der Waals surface area (Å²) < 4.78 is 11.6. The third-order valence-corrected chi connectivity index (χ3v) is 10.8. The number of aliphatic hydroxyl groups is 5. The molecule has 5 N–H and O–H groups in total. The van der Waals surface area contributed by atoms with E-state index in [0.717, 1.165) is 12.9 Å². The largest absolute Gasteiger partial charge is 0.493 e. The maximum atomic E-state index is 9.39. The van der Waals surface area contributed by atoms with Gasteiger partial charge in [-0.05, 0) is 84.2 Å². The van der Waals surface area contributed by atoms with Gasteiger partial charge in [0.25, 0.3) is 0 Å². The number of hydrogen-bond acceptors (Lipinski definition) is 9. The lowest BCUT2D eigenvalue weighted by Gasteiger charge is -2.32. The Morgan fingerprint density at radius 3 is 1.34 bits per heavy atom. The second-order valence-corrected chi connectivity index (χ2v) is 20.4. The third-order valence-electron chi connectivity index (χ3n) is 8.52. The Morgan fingerprint density at radius 2 is 1.00 bits per heavy atom. The van der Waals surface area contributed by atoms with Gasteiger partial charge in [-0.15, -0.1) is 23.5 Å². The third kappa shape index (κ3) is 20.6. The molecule has 330 valence electrons. The summed E-state index contributed by atoms with van der Waals surface area (Å²) in [4.78, 5) is 2.69. The molecule has 6 atom stereocenters. The summed E-state index contributed by atoms with van der Waals surface area (Å²) in [6.45, 7) is 46.2. The molecule has 2 aromatic rings. The predicted molar refractivity (Wildman–Crippen MR) is 246 cm³/mol. The Kier molecular flexibility index (Phi) is 28.9. The SMILES string of the molecule is CC.CC.CC.CC1OC(O)CCC(O)C(O)C1O.CCOc1c(C(C)(C)C)cc(SC(C)Sc2cc(C(C)(C)C)cc(C(C)(C)C)c2)cc1C(C)(C)C.CO. The van der Waals surface area contributed by atoms with Gasteiger partial charge in [0.2, 0.25) is 0 Å². The molecule has 0 spiro atoms. The highest BCUT2D eigenvalue weighted by atomic mass is 32.2. The number of rotatable bonds is 6. The quantitative estimate of drug-likeness (QED) is 0.143. The molecule has 1 saturated heterocycles. The normalized spacial score (nSPS) is 20.5. The minimum atomic E-state index is -1.21. The predicted octanol–water partition coefficient (Wildman–Crippen LogP) is 11.8. The van der Waals surface area contributed by atoms with Crippen LogP contribution in [0.25, 0.3) is 0 Å². The summed E-state index contributed by atoms with van der Waals surface area (Å²) in [6, 6.07) is 11.9. The monoisotopic (exact) mass is 829 g/mol. The van der Waals surface area contributed by atoms with Crippen LogP contribution >= 0.6 is 23.5 Å². The fourth-order valence-corrected chi connectivity index (χ4v) is 7.80. The standard InChI is InChI=1S/C32H50OS2.C8H16O5.3C2H6.CH4O/c1-15-33-28-26(31(9,10)11)19-25(20-27(28)32(12,13)14)35-21(2)34-24-17-22(29(3,4)5)16-23(18-24)30(6,7)8;1-4-7(11)8(12)5(9)2-3-6(10)13-4;4*1-2/h16-21H,15H2,1-14H3;4-12H,2-3H2,1H3;3*1-2H3;2H,1H3. The van der Waals surface area contributed by atoms with E-state index < -0.39 is 30.7 Å². The molecule has 1 aliphatic heterocycles. The van der Waals surface area contributed by atoms with Crippen LogP contribution < -0.4 is 4.74 Å². The van der Waals surface area contributed by atoms with Gasteiger partial charge in [0, 0.05) is 34.4 Å². The zero-order valence-corrected chi connectivity index (χ0v) is 41.5. The van der Waals surface area contributed by atoms with Gasteiger partial charge in [0.05, 0.1) is 23.4 Å². The van der Waals surface area contributed by atoms with Crippen LogP contribution in [0.5, 0.6) is 5.75 Å². The second-order valence-electron chi connectivity index (χ2n) is 17.3. The first-order valence-corrected chi connectivity index (χ1v) is 22.6. The van der Waals surface area contributed by atoms with Crippen molar-refractivity contribution in [2.24, 2.45) is 0 Å². The van der Waals surface area contributed by atoms with Crippen LogP contribution in [0, 0.1) is 0 Å². The van der Waals surface area contributed by atoms with E-state index in [4.69, 9.17) is 14.6 Å². The van der Waals surface area contributed by atoms with Crippen molar-refractivity contribution in [3.8, 4) is 5.75 Å². The number of hydrogen-bond donors (Lipinski definition) is 5. The smallest absolute Gasteiger partial charge is 0.155 e. The highest BCUT2D eigenvalue weighted by molar-refractivity contribution is 8.17. The fraction of sp³-hybridized carbons (Fsp3) is 0.745. The molecule has 0 amide bonds. The van der Waals surface area contributed by atoms with E-state index in [1.54, 1.807) is 0 Å². The highest BCUT2D eigenvalue weighted by Crippen LogP contribution is 2.45. The molecule has 3 rings (SSSR count). The zero-order valence-electron chi connectivity index (χ0n) is 39.8. The van der Waals surface area contributed by atoms with Crippen LogP contribution in [0.1, 0.15) is 180 Å². The van der Waals surface area contributed by atoms with Crippen molar-refractivity contribution in [2.45, 2.75) is 225 Å². The van der Waals surface area contributed by atoms with Crippen LogP contribution in [-0.4, -0.2) is 74.5 Å². The average Bonchev–Trinajstić information content (AvgIpc) is 3.12. The average molecular weight is 829 g/mol. The van der Waals surface area contributed by atoms with Crippen LogP contribution in [0.4, 0.5) is 0 Å². The van der Waals surface area contributed by atoms with Gasteiger partial charge in [-0.1, -0.05) is 131 Å². The molecular weight excluding hydrogens is 741 g/mol. The number of thioether (sulfide) groups is 2. The summed E-state index contributed by atoms with van der Waals surface area (Å²) in [5.74, 6) is 1.07. The van der Waals surface area contributed by atoms with Gasteiger partial charge in [-0.3, -0.25) is 0 Å². The molecule has 1 fully saturated rings. The van der Waals surface area contributed by atoms with Gasteiger partial charge >= 0.3 is 0 Å². The summed E-state index contributed by atoms with van der Waals surface area (Å²) in [5.41, 5.74) is 5.72. The molecule has 56 heavy (non-hydrogen) atoms. The highest BCUT2D eigenvalue weighted by Gasteiger charge is 2.33. The molecule has 1 heterocycles. The maximum absolute atomic E-state index is 9.39. The Balaban J connectivity index is -0.00000111. The first-order valence-electron chi connectivity index (χ1n) is 20.9. The number of aliphatic hydroxyl groups excluding tert-OH is 5. The van der Waals surface area contributed by atoms with E-state index in [9.17, 15) is 20.4 Å². The first kappa shape index (κ1) is 59.0. The molecule has 0 bridgehead atoms. The van der Waals surface area contributed by atoms with Gasteiger partial charge < -0.3 is 35.0 Å². The Morgan fingerprint density at radius 1 is 0.625 bits per heavy atom. The molecule has 1 aliphatic rings. The molecule has 7 nitrogen and oxygen atoms in total. The molecule has 0 aliphatic carbocycles. The van der Waals surface area contributed by atoms with E-state index >= 15 is 0 Å². The van der Waals surface area contributed by atoms with Crippen molar-refractivity contribution >= 4 is 23.5 Å². The molecule has 0 aromatic heterocycles. The van der Waals surface area contributed by atoms with Crippen molar-refractivity contribution < 1.29 is 35.0 Å². The Labute approximate surface area is 354 Å². The minimum absolute atomic E-state index is 0.0140. The lowest BCUT2D eigenvalue weighted by molar-refractivity contribution is -0.204. The molecule has 0 radical (unpaired) electrons. The zero-order chi connectivity index (χ0) is 45.0. The van der Waals surface area contributed by atoms with Crippen LogP contribution in [0.15, 0.2) is 40.1 Å². The number of benzene rings is 2. The van der Waals surface area contributed by atoms with Crippen molar-refractivity contribution in [1.29, 1.82) is 0 Å². The first-order chi connectivity index (χ1) is 25.7. The lowest BCUT2D eigenvalue weighted by Crippen LogP contribution is -2.47. The summed E-state index contributed by atoms with van der Waals surface area (Å²) in [6.07, 6.45) is -4.56. The molecule has 9 heteroatoms. The van der Waals surface area contributed by atoms with Crippen molar-refractivity contribution in [2.75, 3.05) is 13.7 Å². The van der Waals surface area contributed by atoms with E-state index in [0.29, 0.717) is 11.2 Å². The topological polar surface area (TPSA) is 120 Å². The Bertz CT molecular complexity index is 1250. The number of ether oxygens (including phenoxy) is 2. The Hall–Kier alpha value is -1.30. The summed E-state index contributed by atoms with van der Waals surface area (Å²) in [5, 5.41) is 44.2. The molecule has 2 aromatic carbocycles. The van der Waals surface area contributed by atoms with Gasteiger partial charge in [0.15, 0.2) is 6.29 Å².